The monoisotopic (exact) mass is 364 g/mol. The van der Waals surface area contributed by atoms with Gasteiger partial charge in [0.05, 0.1) is 0 Å². The molecular formula is C18H14Cl2O4. The third kappa shape index (κ3) is 5.11. The summed E-state index contributed by atoms with van der Waals surface area (Å²) in [6, 6.07) is 9.73. The zero-order chi connectivity index (χ0) is 17.7. The van der Waals surface area contributed by atoms with Crippen LogP contribution in [0.5, 0.6) is 11.5 Å². The number of hydrogen-bond donors (Lipinski definition) is 0. The van der Waals surface area contributed by atoms with Gasteiger partial charge < -0.3 is 9.47 Å². The summed E-state index contributed by atoms with van der Waals surface area (Å²) in [5, 5.41) is 1.09. The SMILES string of the molecule is Cc1cc(Cl)ccc1OC(=O)/C=C\C(=O)Oc1ccc(Cl)cc1C. The number of rotatable bonds is 4. The molecule has 0 aromatic heterocycles. The molecule has 2 rings (SSSR count). The Balaban J connectivity index is 1.96. The maximum absolute atomic E-state index is 11.8. The van der Waals surface area contributed by atoms with Gasteiger partial charge in [0.2, 0.25) is 0 Å². The molecule has 0 aliphatic heterocycles. The van der Waals surface area contributed by atoms with Crippen LogP contribution in [0.1, 0.15) is 11.1 Å². The largest absolute Gasteiger partial charge is 0.423 e. The van der Waals surface area contributed by atoms with Gasteiger partial charge in [0.25, 0.3) is 0 Å². The molecule has 0 fully saturated rings. The van der Waals surface area contributed by atoms with Crippen molar-refractivity contribution in [2.24, 2.45) is 0 Å². The maximum atomic E-state index is 11.8. The van der Waals surface area contributed by atoms with E-state index in [1.165, 1.54) is 0 Å². The van der Waals surface area contributed by atoms with E-state index >= 15 is 0 Å². The van der Waals surface area contributed by atoms with E-state index in [-0.39, 0.29) is 0 Å². The van der Waals surface area contributed by atoms with Crippen molar-refractivity contribution in [3.05, 3.63) is 69.7 Å². The van der Waals surface area contributed by atoms with Crippen molar-refractivity contribution in [3.63, 3.8) is 0 Å². The summed E-state index contributed by atoms with van der Waals surface area (Å²) in [6.45, 7) is 3.52. The average molecular weight is 365 g/mol. The van der Waals surface area contributed by atoms with E-state index < -0.39 is 11.9 Å². The van der Waals surface area contributed by atoms with Crippen molar-refractivity contribution in [3.8, 4) is 11.5 Å². The number of hydrogen-bond acceptors (Lipinski definition) is 4. The van der Waals surface area contributed by atoms with Crippen molar-refractivity contribution in [2.45, 2.75) is 13.8 Å². The number of ether oxygens (including phenoxy) is 2. The van der Waals surface area contributed by atoms with Crippen LogP contribution in [0.3, 0.4) is 0 Å². The quantitative estimate of drug-likeness (QED) is 0.449. The second kappa shape index (κ2) is 7.99. The molecular weight excluding hydrogens is 351 g/mol. The molecule has 0 amide bonds. The van der Waals surface area contributed by atoms with Crippen LogP contribution >= 0.6 is 23.2 Å². The molecule has 0 heterocycles. The fraction of sp³-hybridized carbons (Fsp3) is 0.111. The Labute approximate surface area is 149 Å². The van der Waals surface area contributed by atoms with Crippen LogP contribution in [0.25, 0.3) is 0 Å². The first-order valence-corrected chi connectivity index (χ1v) is 7.75. The highest BCUT2D eigenvalue weighted by atomic mass is 35.5. The Bertz CT molecular complexity index is 745. The zero-order valence-electron chi connectivity index (χ0n) is 13.0. The first-order chi connectivity index (χ1) is 11.3. The Morgan fingerprint density at radius 1 is 0.792 bits per heavy atom. The lowest BCUT2D eigenvalue weighted by Crippen LogP contribution is -2.09. The Kier molecular flexibility index (Phi) is 6.01. The zero-order valence-corrected chi connectivity index (χ0v) is 14.5. The van der Waals surface area contributed by atoms with Crippen molar-refractivity contribution in [1.29, 1.82) is 0 Å². The molecule has 0 atom stereocenters. The summed E-state index contributed by atoms with van der Waals surface area (Å²) in [5.74, 6) is -0.637. The highest BCUT2D eigenvalue weighted by Gasteiger charge is 2.08. The predicted octanol–water partition coefficient (Wildman–Crippen LogP) is 4.68. The Hall–Kier alpha value is -2.30. The molecule has 0 saturated heterocycles. The van der Waals surface area contributed by atoms with E-state index in [1.807, 2.05) is 0 Å². The molecule has 0 spiro atoms. The molecule has 124 valence electrons. The molecule has 0 aliphatic rings. The first kappa shape index (κ1) is 18.0. The van der Waals surface area contributed by atoms with Crippen LogP contribution in [0.15, 0.2) is 48.6 Å². The molecule has 4 nitrogen and oxygen atoms in total. The number of halogens is 2. The first-order valence-electron chi connectivity index (χ1n) is 6.99. The second-order valence-corrected chi connectivity index (χ2v) is 5.87. The topological polar surface area (TPSA) is 52.6 Å². The van der Waals surface area contributed by atoms with Crippen LogP contribution in [0, 0.1) is 13.8 Å². The van der Waals surface area contributed by atoms with Gasteiger partial charge in [-0.05, 0) is 61.4 Å². The van der Waals surface area contributed by atoms with Gasteiger partial charge in [0.1, 0.15) is 11.5 Å². The minimum atomic E-state index is -0.690. The number of esters is 2. The van der Waals surface area contributed by atoms with Gasteiger partial charge in [-0.25, -0.2) is 9.59 Å². The van der Waals surface area contributed by atoms with Crippen LogP contribution in [0.4, 0.5) is 0 Å². The predicted molar refractivity (Wildman–Crippen MR) is 92.8 cm³/mol. The van der Waals surface area contributed by atoms with Gasteiger partial charge in [0.15, 0.2) is 0 Å². The van der Waals surface area contributed by atoms with E-state index in [0.29, 0.717) is 32.7 Å². The minimum Gasteiger partial charge on any atom is -0.423 e. The number of carbonyl (C=O) groups excluding carboxylic acids is 2. The molecule has 24 heavy (non-hydrogen) atoms. The summed E-state index contributed by atoms with van der Waals surface area (Å²) >= 11 is 11.7. The average Bonchev–Trinajstić information content (AvgIpc) is 2.51. The maximum Gasteiger partial charge on any atom is 0.336 e. The van der Waals surface area contributed by atoms with Gasteiger partial charge >= 0.3 is 11.9 Å². The molecule has 0 N–H and O–H groups in total. The summed E-state index contributed by atoms with van der Waals surface area (Å²) in [6.07, 6.45) is 2.00. The smallest absolute Gasteiger partial charge is 0.336 e. The van der Waals surface area contributed by atoms with Crippen molar-refractivity contribution < 1.29 is 19.1 Å². The second-order valence-electron chi connectivity index (χ2n) is 5.00. The van der Waals surface area contributed by atoms with E-state index in [1.54, 1.807) is 50.2 Å². The molecule has 6 heteroatoms. The number of benzene rings is 2. The lowest BCUT2D eigenvalue weighted by Gasteiger charge is -2.06. The number of carbonyl (C=O) groups is 2. The fourth-order valence-corrected chi connectivity index (χ4v) is 2.33. The van der Waals surface area contributed by atoms with Gasteiger partial charge in [-0.2, -0.15) is 0 Å². The van der Waals surface area contributed by atoms with E-state index in [9.17, 15) is 9.59 Å². The van der Waals surface area contributed by atoms with Gasteiger partial charge in [0, 0.05) is 22.2 Å². The Morgan fingerprint density at radius 2 is 1.17 bits per heavy atom. The molecule has 0 unspecified atom stereocenters. The number of aryl methyl sites for hydroxylation is 2. The standard InChI is InChI=1S/C18H14Cl2O4/c1-11-9-13(19)3-5-15(11)23-17(21)7-8-18(22)24-16-6-4-14(20)10-12(16)2/h3-10H,1-2H3/b8-7-. The van der Waals surface area contributed by atoms with Gasteiger partial charge in [-0.1, -0.05) is 23.2 Å². The van der Waals surface area contributed by atoms with Gasteiger partial charge in [-0.15, -0.1) is 0 Å². The van der Waals surface area contributed by atoms with Crippen LogP contribution in [-0.4, -0.2) is 11.9 Å². The molecule has 0 radical (unpaired) electrons. The van der Waals surface area contributed by atoms with Gasteiger partial charge in [-0.3, -0.25) is 0 Å². The third-order valence-corrected chi connectivity index (χ3v) is 3.52. The molecule has 0 saturated carbocycles. The van der Waals surface area contributed by atoms with E-state index in [0.717, 1.165) is 12.2 Å². The summed E-state index contributed by atoms with van der Waals surface area (Å²) in [4.78, 5) is 23.5. The van der Waals surface area contributed by atoms with Crippen molar-refractivity contribution >= 4 is 35.1 Å². The molecule has 0 aliphatic carbocycles. The highest BCUT2D eigenvalue weighted by Crippen LogP contribution is 2.23. The van der Waals surface area contributed by atoms with Crippen LogP contribution < -0.4 is 9.47 Å². The van der Waals surface area contributed by atoms with E-state index in [2.05, 4.69) is 0 Å². The normalized spacial score (nSPS) is 10.7. The lowest BCUT2D eigenvalue weighted by atomic mass is 10.2. The highest BCUT2D eigenvalue weighted by molar-refractivity contribution is 6.31. The summed E-state index contributed by atoms with van der Waals surface area (Å²) in [7, 11) is 0. The molecule has 2 aromatic rings. The minimum absolute atomic E-state index is 0.371. The van der Waals surface area contributed by atoms with Crippen molar-refractivity contribution in [1.82, 2.24) is 0 Å². The Morgan fingerprint density at radius 3 is 1.50 bits per heavy atom. The molecule has 0 bridgehead atoms. The van der Waals surface area contributed by atoms with Crippen molar-refractivity contribution in [2.75, 3.05) is 0 Å². The van der Waals surface area contributed by atoms with Crippen LogP contribution in [0.2, 0.25) is 10.0 Å². The summed E-state index contributed by atoms with van der Waals surface area (Å²) < 4.78 is 10.3. The summed E-state index contributed by atoms with van der Waals surface area (Å²) in [5.41, 5.74) is 1.42. The fourth-order valence-electron chi connectivity index (χ4n) is 1.88. The van der Waals surface area contributed by atoms with Crippen LogP contribution in [-0.2, 0) is 9.59 Å². The third-order valence-electron chi connectivity index (χ3n) is 3.05. The molecule has 2 aromatic carbocycles. The van der Waals surface area contributed by atoms with E-state index in [4.69, 9.17) is 32.7 Å². The lowest BCUT2D eigenvalue weighted by molar-refractivity contribution is -0.131.